The Hall–Kier alpha value is -2.30. The van der Waals surface area contributed by atoms with Crippen molar-refractivity contribution in [3.05, 3.63) is 69.8 Å². The molecular formula is C13H11FN2O2. The van der Waals surface area contributed by atoms with E-state index in [1.165, 1.54) is 30.5 Å². The van der Waals surface area contributed by atoms with Crippen LogP contribution < -0.4 is 0 Å². The molecule has 0 spiro atoms. The monoisotopic (exact) mass is 246 g/mol. The Bertz CT molecular complexity index is 569. The van der Waals surface area contributed by atoms with Gasteiger partial charge in [0.25, 0.3) is 5.69 Å². The molecule has 0 aliphatic rings. The molecule has 0 amide bonds. The predicted molar refractivity (Wildman–Crippen MR) is 64.8 cm³/mol. The molecule has 0 bridgehead atoms. The zero-order valence-electron chi connectivity index (χ0n) is 9.71. The number of hydrogen-bond donors (Lipinski definition) is 0. The number of rotatable bonds is 3. The van der Waals surface area contributed by atoms with Crippen LogP contribution in [0.4, 0.5) is 10.1 Å². The lowest BCUT2D eigenvalue weighted by atomic mass is 9.96. The van der Waals surface area contributed by atoms with Crippen molar-refractivity contribution in [2.75, 3.05) is 0 Å². The number of pyridine rings is 1. The Balaban J connectivity index is 2.42. The van der Waals surface area contributed by atoms with Crippen LogP contribution in [0, 0.1) is 15.9 Å². The molecule has 0 aliphatic carbocycles. The van der Waals surface area contributed by atoms with E-state index in [4.69, 9.17) is 0 Å². The van der Waals surface area contributed by atoms with E-state index < -0.39 is 4.92 Å². The van der Waals surface area contributed by atoms with Crippen molar-refractivity contribution in [2.24, 2.45) is 0 Å². The van der Waals surface area contributed by atoms with Gasteiger partial charge in [-0.15, -0.1) is 0 Å². The van der Waals surface area contributed by atoms with Gasteiger partial charge in [0.1, 0.15) is 11.5 Å². The second-order valence-corrected chi connectivity index (χ2v) is 3.94. The van der Waals surface area contributed by atoms with Crippen LogP contribution in [0.2, 0.25) is 0 Å². The van der Waals surface area contributed by atoms with E-state index in [9.17, 15) is 14.5 Å². The maximum atomic E-state index is 12.8. The average Bonchev–Trinajstić information content (AvgIpc) is 2.39. The summed E-state index contributed by atoms with van der Waals surface area (Å²) in [5.74, 6) is -0.589. The van der Waals surface area contributed by atoms with Crippen LogP contribution in [0.25, 0.3) is 0 Å². The number of nitrogens with zero attached hydrogens (tertiary/aromatic N) is 2. The molecule has 18 heavy (non-hydrogen) atoms. The third-order valence-corrected chi connectivity index (χ3v) is 2.79. The highest BCUT2D eigenvalue weighted by Crippen LogP contribution is 2.29. The molecule has 1 atom stereocenters. The summed E-state index contributed by atoms with van der Waals surface area (Å²) < 4.78 is 12.8. The first-order valence-corrected chi connectivity index (χ1v) is 5.44. The Morgan fingerprint density at radius 2 is 1.94 bits per heavy atom. The van der Waals surface area contributed by atoms with E-state index in [1.807, 2.05) is 6.92 Å². The molecule has 1 aromatic carbocycles. The lowest BCUT2D eigenvalue weighted by molar-refractivity contribution is -0.386. The lowest BCUT2D eigenvalue weighted by Gasteiger charge is -2.11. The molecule has 5 heteroatoms. The van der Waals surface area contributed by atoms with Crippen LogP contribution in [-0.4, -0.2) is 9.91 Å². The van der Waals surface area contributed by atoms with Crippen LogP contribution in [0.3, 0.4) is 0 Å². The summed E-state index contributed by atoms with van der Waals surface area (Å²) in [7, 11) is 0. The van der Waals surface area contributed by atoms with E-state index >= 15 is 0 Å². The van der Waals surface area contributed by atoms with Crippen molar-refractivity contribution in [2.45, 2.75) is 12.8 Å². The Labute approximate surface area is 103 Å². The van der Waals surface area contributed by atoms with Gasteiger partial charge in [-0.3, -0.25) is 15.1 Å². The third-order valence-electron chi connectivity index (χ3n) is 2.79. The highest BCUT2D eigenvalue weighted by atomic mass is 19.1. The van der Waals surface area contributed by atoms with Gasteiger partial charge in [0.15, 0.2) is 0 Å². The number of benzene rings is 1. The maximum Gasteiger partial charge on any atom is 0.291 e. The van der Waals surface area contributed by atoms with Crippen molar-refractivity contribution in [3.8, 4) is 0 Å². The fourth-order valence-corrected chi connectivity index (χ4v) is 1.81. The van der Waals surface area contributed by atoms with Gasteiger partial charge in [-0.25, -0.2) is 4.39 Å². The van der Waals surface area contributed by atoms with E-state index in [2.05, 4.69) is 4.98 Å². The van der Waals surface area contributed by atoms with Gasteiger partial charge in [-0.1, -0.05) is 19.1 Å². The first-order chi connectivity index (χ1) is 8.59. The Morgan fingerprint density at radius 1 is 1.28 bits per heavy atom. The molecule has 0 aliphatic heterocycles. The number of hydrogen-bond acceptors (Lipinski definition) is 3. The van der Waals surface area contributed by atoms with E-state index in [-0.39, 0.29) is 17.4 Å². The minimum absolute atomic E-state index is 0.0191. The molecule has 0 radical (unpaired) electrons. The van der Waals surface area contributed by atoms with Crippen molar-refractivity contribution in [1.82, 2.24) is 4.98 Å². The summed E-state index contributed by atoms with van der Waals surface area (Å²) in [5, 5.41) is 10.9. The van der Waals surface area contributed by atoms with Crippen LogP contribution >= 0.6 is 0 Å². The highest BCUT2D eigenvalue weighted by molar-refractivity contribution is 5.41. The highest BCUT2D eigenvalue weighted by Gasteiger charge is 2.21. The fraction of sp³-hybridized carbons (Fsp3) is 0.154. The summed E-state index contributed by atoms with van der Waals surface area (Å²) in [5.41, 5.74) is 1.15. The van der Waals surface area contributed by atoms with E-state index in [1.54, 1.807) is 12.1 Å². The zero-order valence-corrected chi connectivity index (χ0v) is 9.71. The van der Waals surface area contributed by atoms with Gasteiger partial charge in [0.2, 0.25) is 0 Å². The van der Waals surface area contributed by atoms with Crippen LogP contribution in [0.5, 0.6) is 0 Å². The van der Waals surface area contributed by atoms with Crippen LogP contribution in [0.1, 0.15) is 24.1 Å². The largest absolute Gasteiger partial charge is 0.291 e. The molecule has 4 nitrogen and oxygen atoms in total. The lowest BCUT2D eigenvalue weighted by Crippen LogP contribution is -2.03. The maximum absolute atomic E-state index is 12.8. The molecule has 2 aromatic rings. The molecule has 0 saturated carbocycles. The first-order valence-electron chi connectivity index (χ1n) is 5.44. The summed E-state index contributed by atoms with van der Waals surface area (Å²) >= 11 is 0. The van der Waals surface area contributed by atoms with E-state index in [0.29, 0.717) is 5.69 Å². The van der Waals surface area contributed by atoms with Crippen molar-refractivity contribution >= 4 is 5.69 Å². The standard InChI is InChI=1S/C13H11FN2O2/c1-9(10-4-6-11(14)7-5-10)13-12(16(17)18)3-2-8-15-13/h2-9H,1H3/t9-/m1/s1. The molecule has 2 rings (SSSR count). The minimum Gasteiger partial charge on any atom is -0.258 e. The SMILES string of the molecule is C[C@H](c1ccc(F)cc1)c1ncccc1[N+](=O)[O-]. The van der Waals surface area contributed by atoms with Gasteiger partial charge in [0, 0.05) is 18.2 Å². The van der Waals surface area contributed by atoms with Crippen LogP contribution in [0.15, 0.2) is 42.6 Å². The summed E-state index contributed by atoms with van der Waals surface area (Å²) in [4.78, 5) is 14.5. The van der Waals surface area contributed by atoms with E-state index in [0.717, 1.165) is 5.56 Å². The quantitative estimate of drug-likeness (QED) is 0.616. The summed E-state index contributed by atoms with van der Waals surface area (Å²) in [6.45, 7) is 1.81. The average molecular weight is 246 g/mol. The first kappa shape index (κ1) is 12.2. The molecule has 0 N–H and O–H groups in total. The molecule has 92 valence electrons. The van der Waals surface area contributed by atoms with Gasteiger partial charge in [0.05, 0.1) is 4.92 Å². The van der Waals surface area contributed by atoms with Gasteiger partial charge < -0.3 is 0 Å². The molecule has 1 heterocycles. The van der Waals surface area contributed by atoms with Gasteiger partial charge in [-0.2, -0.15) is 0 Å². The molecular weight excluding hydrogens is 235 g/mol. The third kappa shape index (κ3) is 2.34. The molecule has 1 aromatic heterocycles. The molecule has 0 fully saturated rings. The summed E-state index contributed by atoms with van der Waals surface area (Å²) in [6, 6.07) is 8.83. The van der Waals surface area contributed by atoms with Gasteiger partial charge in [-0.05, 0) is 23.8 Å². The molecule has 0 saturated heterocycles. The number of nitro groups is 1. The number of aromatic nitrogens is 1. The van der Waals surface area contributed by atoms with Gasteiger partial charge >= 0.3 is 0 Å². The number of halogens is 1. The second kappa shape index (κ2) is 4.91. The zero-order chi connectivity index (χ0) is 13.1. The van der Waals surface area contributed by atoms with Crippen molar-refractivity contribution in [1.29, 1.82) is 0 Å². The molecule has 0 unspecified atom stereocenters. The van der Waals surface area contributed by atoms with Crippen molar-refractivity contribution in [3.63, 3.8) is 0 Å². The second-order valence-electron chi connectivity index (χ2n) is 3.94. The minimum atomic E-state index is -0.456. The smallest absolute Gasteiger partial charge is 0.258 e. The Morgan fingerprint density at radius 3 is 2.56 bits per heavy atom. The topological polar surface area (TPSA) is 56.0 Å². The summed E-state index contributed by atoms with van der Waals surface area (Å²) in [6.07, 6.45) is 1.52. The van der Waals surface area contributed by atoms with Crippen molar-refractivity contribution < 1.29 is 9.31 Å². The Kier molecular flexibility index (Phi) is 3.32. The van der Waals surface area contributed by atoms with Crippen LogP contribution in [-0.2, 0) is 0 Å². The normalized spacial score (nSPS) is 12.1. The fourth-order valence-electron chi connectivity index (χ4n) is 1.81. The predicted octanol–water partition coefficient (Wildman–Crippen LogP) is 3.28.